The Hall–Kier alpha value is -1.10. The summed E-state index contributed by atoms with van der Waals surface area (Å²) in [5.74, 6) is 0.0266. The van der Waals surface area contributed by atoms with E-state index in [0.29, 0.717) is 4.47 Å². The average molecular weight is 249 g/mol. The molecule has 0 aromatic heterocycles. The van der Waals surface area contributed by atoms with Crippen LogP contribution < -0.4 is 9.47 Å². The van der Waals surface area contributed by atoms with Crippen molar-refractivity contribution in [1.29, 1.82) is 0 Å². The van der Waals surface area contributed by atoms with Crippen molar-refractivity contribution in [2.75, 3.05) is 14.2 Å². The number of benzene rings is 1. The number of ether oxygens (including phenoxy) is 2. The van der Waals surface area contributed by atoms with Crippen LogP contribution in [-0.2, 0) is 0 Å². The van der Waals surface area contributed by atoms with E-state index >= 15 is 0 Å². The molecule has 0 heterocycles. The first-order valence-electron chi connectivity index (χ1n) is 3.44. The minimum absolute atomic E-state index is 0.0935. The first kappa shape index (κ1) is 9.98. The summed E-state index contributed by atoms with van der Waals surface area (Å²) in [5.41, 5.74) is 0. The molecule has 2 N–H and O–H groups in total. The largest absolute Gasteiger partial charge is 0.504 e. The van der Waals surface area contributed by atoms with Crippen molar-refractivity contribution in [3.8, 4) is 23.0 Å². The number of hydrogen-bond acceptors (Lipinski definition) is 4. The molecule has 13 heavy (non-hydrogen) atoms. The Bertz CT molecular complexity index is 324. The highest BCUT2D eigenvalue weighted by Gasteiger charge is 2.17. The molecule has 0 aliphatic rings. The van der Waals surface area contributed by atoms with Crippen LogP contribution >= 0.6 is 15.9 Å². The molecule has 72 valence electrons. The Morgan fingerprint density at radius 3 is 2.15 bits per heavy atom. The summed E-state index contributed by atoms with van der Waals surface area (Å²) in [4.78, 5) is 0. The first-order chi connectivity index (χ1) is 6.11. The van der Waals surface area contributed by atoms with Crippen LogP contribution in [0.1, 0.15) is 0 Å². The molecular formula is C8H9BrO4. The van der Waals surface area contributed by atoms with Crippen LogP contribution in [-0.4, -0.2) is 24.4 Å². The van der Waals surface area contributed by atoms with Crippen LogP contribution in [0.5, 0.6) is 23.0 Å². The molecule has 0 aliphatic carbocycles. The van der Waals surface area contributed by atoms with Gasteiger partial charge in [-0.15, -0.1) is 0 Å². The van der Waals surface area contributed by atoms with Gasteiger partial charge in [-0.3, -0.25) is 0 Å². The lowest BCUT2D eigenvalue weighted by Crippen LogP contribution is -1.91. The van der Waals surface area contributed by atoms with Crippen molar-refractivity contribution < 1.29 is 19.7 Å². The van der Waals surface area contributed by atoms with E-state index in [4.69, 9.17) is 9.47 Å². The van der Waals surface area contributed by atoms with E-state index in [9.17, 15) is 10.2 Å². The van der Waals surface area contributed by atoms with Crippen molar-refractivity contribution in [3.63, 3.8) is 0 Å². The van der Waals surface area contributed by atoms with Crippen molar-refractivity contribution >= 4 is 15.9 Å². The van der Waals surface area contributed by atoms with Crippen LogP contribution in [0.3, 0.4) is 0 Å². The Balaban J connectivity index is 3.41. The van der Waals surface area contributed by atoms with Crippen molar-refractivity contribution in [2.24, 2.45) is 0 Å². The summed E-state index contributed by atoms with van der Waals surface area (Å²) in [7, 11) is 2.76. The van der Waals surface area contributed by atoms with Crippen LogP contribution in [0.25, 0.3) is 0 Å². The van der Waals surface area contributed by atoms with Crippen molar-refractivity contribution in [2.45, 2.75) is 0 Å². The topological polar surface area (TPSA) is 58.9 Å². The van der Waals surface area contributed by atoms with Gasteiger partial charge in [-0.2, -0.15) is 0 Å². The number of hydrogen-bond donors (Lipinski definition) is 2. The van der Waals surface area contributed by atoms with Gasteiger partial charge in [0.1, 0.15) is 0 Å². The molecule has 0 amide bonds. The number of halogens is 1. The Kier molecular flexibility index (Phi) is 2.87. The molecule has 5 heteroatoms. The average Bonchev–Trinajstić information content (AvgIpc) is 2.10. The zero-order valence-electron chi connectivity index (χ0n) is 7.17. The maximum Gasteiger partial charge on any atom is 0.208 e. The maximum absolute atomic E-state index is 9.47. The van der Waals surface area contributed by atoms with Crippen LogP contribution in [0, 0.1) is 0 Å². The molecule has 4 nitrogen and oxygen atoms in total. The van der Waals surface area contributed by atoms with Gasteiger partial charge in [-0.25, -0.2) is 0 Å². The lowest BCUT2D eigenvalue weighted by atomic mass is 10.2. The maximum atomic E-state index is 9.47. The van der Waals surface area contributed by atoms with E-state index < -0.39 is 0 Å². The molecule has 0 unspecified atom stereocenters. The lowest BCUT2D eigenvalue weighted by molar-refractivity contribution is 0.315. The van der Waals surface area contributed by atoms with Gasteiger partial charge in [-0.05, 0) is 15.9 Å². The van der Waals surface area contributed by atoms with Gasteiger partial charge in [0, 0.05) is 6.07 Å². The quantitative estimate of drug-likeness (QED) is 0.785. The molecule has 1 aromatic carbocycles. The van der Waals surface area contributed by atoms with Gasteiger partial charge >= 0.3 is 0 Å². The molecule has 1 aromatic rings. The van der Waals surface area contributed by atoms with E-state index in [0.717, 1.165) is 0 Å². The Morgan fingerprint density at radius 2 is 1.69 bits per heavy atom. The molecular weight excluding hydrogens is 240 g/mol. The molecule has 0 saturated heterocycles. The molecule has 1 rings (SSSR count). The summed E-state index contributed by atoms with van der Waals surface area (Å²) in [6.07, 6.45) is 0. The molecule has 0 atom stereocenters. The van der Waals surface area contributed by atoms with E-state index in [2.05, 4.69) is 15.9 Å². The summed E-state index contributed by atoms with van der Waals surface area (Å²) in [6, 6.07) is 1.33. The van der Waals surface area contributed by atoms with Crippen molar-refractivity contribution in [1.82, 2.24) is 0 Å². The molecule has 0 aliphatic heterocycles. The number of aromatic hydroxyl groups is 2. The van der Waals surface area contributed by atoms with Crippen LogP contribution in [0.2, 0.25) is 0 Å². The number of phenols is 2. The SMILES string of the molecule is COc1c(O)cc(Br)c(O)c1OC. The van der Waals surface area contributed by atoms with E-state index in [1.807, 2.05) is 0 Å². The highest BCUT2D eigenvalue weighted by Crippen LogP contribution is 2.47. The Labute approximate surface area is 83.8 Å². The highest BCUT2D eigenvalue weighted by molar-refractivity contribution is 9.10. The minimum Gasteiger partial charge on any atom is -0.504 e. The van der Waals surface area contributed by atoms with E-state index in [-0.39, 0.29) is 23.0 Å². The summed E-state index contributed by atoms with van der Waals surface area (Å²) >= 11 is 3.06. The summed E-state index contributed by atoms with van der Waals surface area (Å²) in [6.45, 7) is 0. The second-order valence-electron chi connectivity index (χ2n) is 2.29. The number of phenolic OH excluding ortho intramolecular Hbond substituents is 2. The van der Waals surface area contributed by atoms with Gasteiger partial charge in [0.05, 0.1) is 18.7 Å². The van der Waals surface area contributed by atoms with Gasteiger partial charge in [0.25, 0.3) is 0 Å². The Morgan fingerprint density at radius 1 is 1.15 bits per heavy atom. The van der Waals surface area contributed by atoms with Crippen LogP contribution in [0.4, 0.5) is 0 Å². The van der Waals surface area contributed by atoms with Gasteiger partial charge in [0.2, 0.25) is 11.5 Å². The van der Waals surface area contributed by atoms with Crippen LogP contribution in [0.15, 0.2) is 10.5 Å². The molecule has 0 saturated carbocycles. The van der Waals surface area contributed by atoms with Gasteiger partial charge in [-0.1, -0.05) is 0 Å². The standard InChI is InChI=1S/C8H9BrO4/c1-12-7-5(10)3-4(9)6(11)8(7)13-2/h3,10-11H,1-2H3. The molecule has 0 bridgehead atoms. The normalized spacial score (nSPS) is 9.77. The lowest BCUT2D eigenvalue weighted by Gasteiger charge is -2.11. The van der Waals surface area contributed by atoms with E-state index in [1.54, 1.807) is 0 Å². The third-order valence-electron chi connectivity index (χ3n) is 1.55. The fourth-order valence-electron chi connectivity index (χ4n) is 0.973. The second-order valence-corrected chi connectivity index (χ2v) is 3.15. The van der Waals surface area contributed by atoms with Gasteiger partial charge < -0.3 is 19.7 Å². The smallest absolute Gasteiger partial charge is 0.208 e. The first-order valence-corrected chi connectivity index (χ1v) is 4.23. The molecule has 0 fully saturated rings. The fraction of sp³-hybridized carbons (Fsp3) is 0.250. The monoisotopic (exact) mass is 248 g/mol. The summed E-state index contributed by atoms with van der Waals surface area (Å²) in [5, 5.41) is 18.9. The van der Waals surface area contributed by atoms with Gasteiger partial charge in [0.15, 0.2) is 11.5 Å². The zero-order chi connectivity index (χ0) is 10.0. The minimum atomic E-state index is -0.0999. The third-order valence-corrected chi connectivity index (χ3v) is 2.16. The zero-order valence-corrected chi connectivity index (χ0v) is 8.75. The summed E-state index contributed by atoms with van der Waals surface area (Å²) < 4.78 is 10.1. The molecule has 0 radical (unpaired) electrons. The van der Waals surface area contributed by atoms with E-state index in [1.165, 1.54) is 20.3 Å². The number of methoxy groups -OCH3 is 2. The number of rotatable bonds is 2. The van der Waals surface area contributed by atoms with Crippen molar-refractivity contribution in [3.05, 3.63) is 10.5 Å². The fourth-order valence-corrected chi connectivity index (χ4v) is 1.37. The predicted octanol–water partition coefficient (Wildman–Crippen LogP) is 1.88. The third kappa shape index (κ3) is 1.65. The second kappa shape index (κ2) is 3.74. The molecule has 0 spiro atoms. The highest BCUT2D eigenvalue weighted by atomic mass is 79.9. The predicted molar refractivity (Wildman–Crippen MR) is 50.6 cm³/mol.